The summed E-state index contributed by atoms with van der Waals surface area (Å²) in [6, 6.07) is 11.1. The van der Waals surface area contributed by atoms with E-state index < -0.39 is 22.4 Å². The maximum absolute atomic E-state index is 10.9. The monoisotopic (exact) mass is 386 g/mol. The maximum Gasteiger partial charge on any atom is 0.0846 e. The lowest BCUT2D eigenvalue weighted by atomic mass is 9.78. The van der Waals surface area contributed by atoms with Crippen molar-refractivity contribution in [2.45, 2.75) is 77.8 Å². The van der Waals surface area contributed by atoms with Crippen LogP contribution in [0.1, 0.15) is 77.6 Å². The first-order chi connectivity index (χ1) is 12.4. The fraction of sp³-hybridized carbons (Fsp3) is 0.500. The van der Waals surface area contributed by atoms with E-state index in [9.17, 15) is 20.4 Å². The van der Waals surface area contributed by atoms with Gasteiger partial charge in [0, 0.05) is 0 Å². The Morgan fingerprint density at radius 2 is 0.964 bits per heavy atom. The average Bonchev–Trinajstić information content (AvgIpc) is 2.50. The van der Waals surface area contributed by atoms with Crippen LogP contribution in [0.4, 0.5) is 0 Å². The topological polar surface area (TPSA) is 80.9 Å². The maximum atomic E-state index is 10.9. The molecule has 28 heavy (non-hydrogen) atoms. The number of aliphatic hydroxyl groups is 4. The van der Waals surface area contributed by atoms with Gasteiger partial charge in [-0.3, -0.25) is 0 Å². The van der Waals surface area contributed by atoms with Crippen LogP contribution < -0.4 is 0 Å². The lowest BCUT2D eigenvalue weighted by molar-refractivity contribution is 0.0659. The second-order valence-electron chi connectivity index (χ2n) is 9.76. The van der Waals surface area contributed by atoms with Crippen LogP contribution in [0.3, 0.4) is 0 Å². The van der Waals surface area contributed by atoms with Crippen molar-refractivity contribution < 1.29 is 20.4 Å². The Balaban J connectivity index is 2.97. The largest absolute Gasteiger partial charge is 0.386 e. The summed E-state index contributed by atoms with van der Waals surface area (Å²) in [7, 11) is 0. The van der Waals surface area contributed by atoms with Gasteiger partial charge in [0.05, 0.1) is 22.4 Å². The van der Waals surface area contributed by atoms with Gasteiger partial charge in [-0.25, -0.2) is 0 Å². The molecule has 154 valence electrons. The quantitative estimate of drug-likeness (QED) is 0.619. The van der Waals surface area contributed by atoms with Crippen LogP contribution in [0.2, 0.25) is 0 Å². The summed E-state index contributed by atoms with van der Waals surface area (Å²) >= 11 is 0. The number of hydrogen-bond acceptors (Lipinski definition) is 4. The molecule has 0 saturated carbocycles. The van der Waals surface area contributed by atoms with Crippen molar-refractivity contribution in [3.05, 3.63) is 58.7 Å². The minimum absolute atomic E-state index is 0.608. The third-order valence-electron chi connectivity index (χ3n) is 5.02. The van der Waals surface area contributed by atoms with Crippen LogP contribution in [0, 0.1) is 0 Å². The van der Waals surface area contributed by atoms with Crippen molar-refractivity contribution in [2.24, 2.45) is 0 Å². The fourth-order valence-electron chi connectivity index (χ4n) is 3.33. The summed E-state index contributed by atoms with van der Waals surface area (Å²) in [5, 5.41) is 42.9. The van der Waals surface area contributed by atoms with E-state index in [0.29, 0.717) is 22.3 Å². The van der Waals surface area contributed by atoms with E-state index >= 15 is 0 Å². The zero-order valence-corrected chi connectivity index (χ0v) is 18.3. The minimum Gasteiger partial charge on any atom is -0.386 e. The summed E-state index contributed by atoms with van der Waals surface area (Å²) in [4.78, 5) is 0. The molecule has 0 amide bonds. The van der Waals surface area contributed by atoms with Crippen molar-refractivity contribution in [1.82, 2.24) is 0 Å². The molecule has 0 aromatic heterocycles. The molecule has 0 saturated heterocycles. The molecule has 0 fully saturated rings. The van der Waals surface area contributed by atoms with E-state index in [0.717, 1.165) is 11.1 Å². The molecular weight excluding hydrogens is 352 g/mol. The van der Waals surface area contributed by atoms with Gasteiger partial charge >= 0.3 is 0 Å². The Morgan fingerprint density at radius 3 is 1.32 bits per heavy atom. The SMILES string of the molecule is CC(C)(O)c1cccc(-c2c(C(C)(C)O)cc(C(C)(C)O)cc2C(C)(C)O)c1. The predicted octanol–water partition coefficient (Wildman–Crippen LogP) is 4.26. The van der Waals surface area contributed by atoms with E-state index in [4.69, 9.17) is 0 Å². The molecule has 4 nitrogen and oxygen atoms in total. The van der Waals surface area contributed by atoms with Crippen molar-refractivity contribution in [3.8, 4) is 11.1 Å². The number of rotatable bonds is 5. The molecule has 0 spiro atoms. The van der Waals surface area contributed by atoms with Gasteiger partial charge in [-0.1, -0.05) is 18.2 Å². The molecule has 0 aliphatic rings. The van der Waals surface area contributed by atoms with Crippen LogP contribution in [-0.2, 0) is 22.4 Å². The van der Waals surface area contributed by atoms with E-state index in [1.165, 1.54) is 0 Å². The van der Waals surface area contributed by atoms with Crippen molar-refractivity contribution >= 4 is 0 Å². The zero-order chi connectivity index (χ0) is 21.7. The van der Waals surface area contributed by atoms with Crippen LogP contribution in [0.25, 0.3) is 11.1 Å². The molecule has 2 aromatic carbocycles. The van der Waals surface area contributed by atoms with E-state index in [-0.39, 0.29) is 0 Å². The Labute approximate surface area is 168 Å². The molecule has 0 bridgehead atoms. The smallest absolute Gasteiger partial charge is 0.0846 e. The van der Waals surface area contributed by atoms with Crippen LogP contribution >= 0.6 is 0 Å². The molecule has 2 rings (SSSR count). The van der Waals surface area contributed by atoms with E-state index in [1.807, 2.05) is 24.3 Å². The molecule has 0 unspecified atom stereocenters. The minimum atomic E-state index is -1.21. The first-order valence-corrected chi connectivity index (χ1v) is 9.62. The summed E-state index contributed by atoms with van der Waals surface area (Å²) in [5.41, 5.74) is -0.503. The van der Waals surface area contributed by atoms with Gasteiger partial charge in [0.1, 0.15) is 0 Å². The molecule has 0 aliphatic heterocycles. The summed E-state index contributed by atoms with van der Waals surface area (Å²) in [6.07, 6.45) is 0. The van der Waals surface area contributed by atoms with Crippen molar-refractivity contribution in [3.63, 3.8) is 0 Å². The van der Waals surface area contributed by atoms with Gasteiger partial charge in [0.25, 0.3) is 0 Å². The number of benzene rings is 2. The average molecular weight is 387 g/mol. The molecule has 4 N–H and O–H groups in total. The first-order valence-electron chi connectivity index (χ1n) is 9.62. The summed E-state index contributed by atoms with van der Waals surface area (Å²) < 4.78 is 0. The van der Waals surface area contributed by atoms with Gasteiger partial charge in [-0.05, 0) is 107 Å². The highest BCUT2D eigenvalue weighted by Gasteiger charge is 2.32. The molecule has 0 heterocycles. The Morgan fingerprint density at radius 1 is 0.536 bits per heavy atom. The fourth-order valence-corrected chi connectivity index (χ4v) is 3.33. The molecule has 2 aromatic rings. The highest BCUT2D eigenvalue weighted by atomic mass is 16.3. The molecule has 0 atom stereocenters. The lowest BCUT2D eigenvalue weighted by Gasteiger charge is -2.32. The van der Waals surface area contributed by atoms with Gasteiger partial charge in [-0.15, -0.1) is 0 Å². The first kappa shape index (κ1) is 22.6. The number of hydrogen-bond donors (Lipinski definition) is 4. The van der Waals surface area contributed by atoms with Crippen LogP contribution in [-0.4, -0.2) is 20.4 Å². The molecular formula is C24H34O4. The third kappa shape index (κ3) is 4.81. The lowest BCUT2D eigenvalue weighted by Crippen LogP contribution is -2.26. The van der Waals surface area contributed by atoms with E-state index in [2.05, 4.69) is 0 Å². The van der Waals surface area contributed by atoms with Crippen molar-refractivity contribution in [1.29, 1.82) is 0 Å². The second kappa shape index (κ2) is 6.96. The Bertz CT molecular complexity index is 819. The summed E-state index contributed by atoms with van der Waals surface area (Å²) in [6.45, 7) is 13.6. The Kier molecular flexibility index (Phi) is 5.61. The van der Waals surface area contributed by atoms with Gasteiger partial charge < -0.3 is 20.4 Å². The van der Waals surface area contributed by atoms with Gasteiger partial charge in [-0.2, -0.15) is 0 Å². The highest BCUT2D eigenvalue weighted by Crippen LogP contribution is 2.42. The standard InChI is InChI=1S/C24H34O4/c1-21(2,25)16-11-9-10-15(12-16)20-18(23(5,6)27)13-17(22(3,4)26)14-19(20)24(7,8)28/h9-14,25-28H,1-8H3. The van der Waals surface area contributed by atoms with E-state index in [1.54, 1.807) is 67.5 Å². The predicted molar refractivity (Wildman–Crippen MR) is 113 cm³/mol. The molecule has 0 radical (unpaired) electrons. The third-order valence-corrected chi connectivity index (χ3v) is 5.02. The summed E-state index contributed by atoms with van der Waals surface area (Å²) in [5.74, 6) is 0. The van der Waals surface area contributed by atoms with Gasteiger partial charge in [0.15, 0.2) is 0 Å². The van der Waals surface area contributed by atoms with Crippen molar-refractivity contribution in [2.75, 3.05) is 0 Å². The van der Waals surface area contributed by atoms with Crippen LogP contribution in [0.5, 0.6) is 0 Å². The zero-order valence-electron chi connectivity index (χ0n) is 18.3. The molecule has 0 aliphatic carbocycles. The van der Waals surface area contributed by atoms with Crippen LogP contribution in [0.15, 0.2) is 36.4 Å². The highest BCUT2D eigenvalue weighted by molar-refractivity contribution is 5.75. The van der Waals surface area contributed by atoms with Gasteiger partial charge in [0.2, 0.25) is 0 Å². The molecule has 4 heteroatoms. The normalized spacial score (nSPS) is 13.7. The Hall–Kier alpha value is -1.72. The second-order valence-corrected chi connectivity index (χ2v) is 9.76.